The van der Waals surface area contributed by atoms with Gasteiger partial charge in [-0.15, -0.1) is 0 Å². The van der Waals surface area contributed by atoms with Gasteiger partial charge in [0, 0.05) is 32.7 Å². The van der Waals surface area contributed by atoms with Gasteiger partial charge < -0.3 is 14.4 Å². The molecule has 0 aliphatic carbocycles. The summed E-state index contributed by atoms with van der Waals surface area (Å²) >= 11 is 0. The predicted octanol–water partition coefficient (Wildman–Crippen LogP) is 2.58. The number of piperazine rings is 1. The lowest BCUT2D eigenvalue weighted by Gasteiger charge is -2.35. The van der Waals surface area contributed by atoms with Gasteiger partial charge in [-0.1, -0.05) is 36.4 Å². The van der Waals surface area contributed by atoms with E-state index in [-0.39, 0.29) is 5.91 Å². The van der Waals surface area contributed by atoms with Crippen molar-refractivity contribution in [2.24, 2.45) is 0 Å². The van der Waals surface area contributed by atoms with Crippen LogP contribution in [0.1, 0.15) is 22.8 Å². The highest BCUT2D eigenvalue weighted by Gasteiger charge is 2.27. The van der Waals surface area contributed by atoms with E-state index in [1.807, 2.05) is 18.2 Å². The molecular weight excluding hydrogens is 356 g/mol. The minimum absolute atomic E-state index is 0.157. The van der Waals surface area contributed by atoms with E-state index in [0.29, 0.717) is 24.4 Å². The van der Waals surface area contributed by atoms with E-state index in [1.54, 1.807) is 36.1 Å². The number of methoxy groups -OCH3 is 1. The van der Waals surface area contributed by atoms with Crippen molar-refractivity contribution in [3.05, 3.63) is 65.7 Å². The molecule has 3 rings (SSSR count). The van der Waals surface area contributed by atoms with Crippen molar-refractivity contribution < 1.29 is 19.1 Å². The van der Waals surface area contributed by atoms with Crippen molar-refractivity contribution in [1.29, 1.82) is 0 Å². The van der Waals surface area contributed by atoms with E-state index >= 15 is 0 Å². The molecule has 2 aromatic carbocycles. The third-order valence-electron chi connectivity index (χ3n) is 4.87. The Balaban J connectivity index is 1.49. The van der Waals surface area contributed by atoms with Gasteiger partial charge >= 0.3 is 5.97 Å². The lowest BCUT2D eigenvalue weighted by Crippen LogP contribution is -2.51. The number of rotatable bonds is 6. The molecule has 1 unspecified atom stereocenters. The van der Waals surface area contributed by atoms with E-state index in [1.165, 1.54) is 12.7 Å². The zero-order chi connectivity index (χ0) is 19.9. The Hall–Kier alpha value is -2.86. The molecule has 0 saturated carbocycles. The molecule has 0 spiro atoms. The largest absolute Gasteiger partial charge is 0.497 e. The fraction of sp³-hybridized carbons (Fsp3) is 0.364. The first-order valence-corrected chi connectivity index (χ1v) is 9.47. The molecule has 1 aliphatic rings. The van der Waals surface area contributed by atoms with Gasteiger partial charge in [0.2, 0.25) is 0 Å². The van der Waals surface area contributed by atoms with E-state index in [9.17, 15) is 9.59 Å². The van der Waals surface area contributed by atoms with Gasteiger partial charge in [-0.25, -0.2) is 4.79 Å². The van der Waals surface area contributed by atoms with Crippen LogP contribution in [0.2, 0.25) is 0 Å². The molecule has 0 radical (unpaired) electrons. The Morgan fingerprint density at radius 2 is 1.71 bits per heavy atom. The average Bonchev–Trinajstić information content (AvgIpc) is 2.74. The van der Waals surface area contributed by atoms with E-state index in [2.05, 4.69) is 17.0 Å². The number of amides is 1. The second kappa shape index (κ2) is 9.37. The molecule has 6 heteroatoms. The number of hydrogen-bond donors (Lipinski definition) is 0. The Bertz CT molecular complexity index is 801. The Kier molecular flexibility index (Phi) is 6.66. The van der Waals surface area contributed by atoms with Gasteiger partial charge in [0.15, 0.2) is 6.10 Å². The zero-order valence-electron chi connectivity index (χ0n) is 16.3. The van der Waals surface area contributed by atoms with Crippen molar-refractivity contribution in [2.45, 2.75) is 19.6 Å². The third-order valence-corrected chi connectivity index (χ3v) is 4.87. The summed E-state index contributed by atoms with van der Waals surface area (Å²) in [6.07, 6.45) is -0.820. The Morgan fingerprint density at radius 3 is 2.39 bits per heavy atom. The fourth-order valence-electron chi connectivity index (χ4n) is 3.25. The summed E-state index contributed by atoms with van der Waals surface area (Å²) in [5, 5.41) is 0. The maximum absolute atomic E-state index is 12.7. The summed E-state index contributed by atoms with van der Waals surface area (Å²) in [4.78, 5) is 29.1. The van der Waals surface area contributed by atoms with Crippen LogP contribution >= 0.6 is 0 Å². The highest BCUT2D eigenvalue weighted by Crippen LogP contribution is 2.15. The molecular formula is C22H26N2O4. The average molecular weight is 382 g/mol. The van der Waals surface area contributed by atoms with Crippen LogP contribution in [0.5, 0.6) is 5.75 Å². The van der Waals surface area contributed by atoms with Crippen molar-refractivity contribution >= 4 is 11.9 Å². The zero-order valence-corrected chi connectivity index (χ0v) is 16.3. The van der Waals surface area contributed by atoms with Crippen LogP contribution < -0.4 is 4.74 Å². The molecule has 148 valence electrons. The van der Waals surface area contributed by atoms with Crippen LogP contribution in [0.3, 0.4) is 0 Å². The summed E-state index contributed by atoms with van der Waals surface area (Å²) in [5.41, 5.74) is 1.63. The summed E-state index contributed by atoms with van der Waals surface area (Å²) in [6, 6.07) is 17.0. The molecule has 1 heterocycles. The van der Waals surface area contributed by atoms with E-state index < -0.39 is 12.1 Å². The van der Waals surface area contributed by atoms with Crippen molar-refractivity contribution in [3.63, 3.8) is 0 Å². The van der Waals surface area contributed by atoms with Gasteiger partial charge in [-0.3, -0.25) is 9.69 Å². The molecule has 1 atom stereocenters. The highest BCUT2D eigenvalue weighted by molar-refractivity contribution is 5.92. The molecule has 2 aromatic rings. The molecule has 0 aromatic heterocycles. The minimum atomic E-state index is -0.820. The van der Waals surface area contributed by atoms with E-state index in [0.717, 1.165) is 19.6 Å². The van der Waals surface area contributed by atoms with Gasteiger partial charge in [0.05, 0.1) is 12.7 Å². The number of hydrogen-bond acceptors (Lipinski definition) is 5. The van der Waals surface area contributed by atoms with Gasteiger partial charge in [0.1, 0.15) is 5.75 Å². The van der Waals surface area contributed by atoms with Crippen LogP contribution in [0.4, 0.5) is 0 Å². The predicted molar refractivity (Wildman–Crippen MR) is 106 cm³/mol. The molecule has 0 bridgehead atoms. The second-order valence-corrected chi connectivity index (χ2v) is 6.87. The summed E-state index contributed by atoms with van der Waals surface area (Å²) in [5.74, 6) is -0.110. The number of carbonyl (C=O) groups excluding carboxylic acids is 2. The normalized spacial score (nSPS) is 15.7. The maximum Gasteiger partial charge on any atom is 0.339 e. The number of ether oxygens (including phenoxy) is 2. The number of nitrogens with zero attached hydrogens (tertiary/aromatic N) is 2. The highest BCUT2D eigenvalue weighted by atomic mass is 16.5. The van der Waals surface area contributed by atoms with Gasteiger partial charge in [0.25, 0.3) is 5.91 Å². The molecule has 0 N–H and O–H groups in total. The molecule has 28 heavy (non-hydrogen) atoms. The Labute approximate surface area is 165 Å². The smallest absolute Gasteiger partial charge is 0.339 e. The number of esters is 1. The first-order chi connectivity index (χ1) is 13.6. The van der Waals surface area contributed by atoms with Gasteiger partial charge in [-0.05, 0) is 30.7 Å². The lowest BCUT2D eigenvalue weighted by atomic mass is 10.2. The number of benzene rings is 2. The molecule has 1 saturated heterocycles. The van der Waals surface area contributed by atoms with Crippen LogP contribution in [-0.4, -0.2) is 61.1 Å². The van der Waals surface area contributed by atoms with Crippen molar-refractivity contribution in [3.8, 4) is 5.75 Å². The van der Waals surface area contributed by atoms with Crippen LogP contribution in [-0.2, 0) is 16.1 Å². The monoisotopic (exact) mass is 382 g/mol. The second-order valence-electron chi connectivity index (χ2n) is 6.87. The summed E-state index contributed by atoms with van der Waals surface area (Å²) in [7, 11) is 1.54. The minimum Gasteiger partial charge on any atom is -0.497 e. The van der Waals surface area contributed by atoms with E-state index in [4.69, 9.17) is 9.47 Å². The molecule has 1 fully saturated rings. The SMILES string of the molecule is COc1cccc(C(=O)OC(C)C(=O)N2CCN(Cc3ccccc3)CC2)c1. The van der Waals surface area contributed by atoms with Crippen molar-refractivity contribution in [2.75, 3.05) is 33.3 Å². The van der Waals surface area contributed by atoms with Crippen LogP contribution in [0.25, 0.3) is 0 Å². The molecule has 6 nitrogen and oxygen atoms in total. The maximum atomic E-state index is 12.7. The summed E-state index contributed by atoms with van der Waals surface area (Å²) < 4.78 is 10.5. The first kappa shape index (κ1) is 19.9. The third kappa shape index (κ3) is 5.10. The van der Waals surface area contributed by atoms with Crippen LogP contribution in [0.15, 0.2) is 54.6 Å². The van der Waals surface area contributed by atoms with Crippen molar-refractivity contribution in [1.82, 2.24) is 9.80 Å². The molecule has 1 aliphatic heterocycles. The van der Waals surface area contributed by atoms with Gasteiger partial charge in [-0.2, -0.15) is 0 Å². The Morgan fingerprint density at radius 1 is 1.00 bits per heavy atom. The topological polar surface area (TPSA) is 59.1 Å². The first-order valence-electron chi connectivity index (χ1n) is 9.47. The number of carbonyl (C=O) groups is 2. The standard InChI is InChI=1S/C22H26N2O4/c1-17(28-22(26)19-9-6-10-20(15-19)27-2)21(25)24-13-11-23(12-14-24)16-18-7-4-3-5-8-18/h3-10,15,17H,11-14,16H2,1-2H3. The quantitative estimate of drug-likeness (QED) is 0.719. The fourth-order valence-corrected chi connectivity index (χ4v) is 3.25. The summed E-state index contributed by atoms with van der Waals surface area (Å²) in [6.45, 7) is 5.37. The lowest BCUT2D eigenvalue weighted by molar-refractivity contribution is -0.141. The molecule has 1 amide bonds. The van der Waals surface area contributed by atoms with Crippen LogP contribution in [0, 0.1) is 0 Å².